The molecule has 0 fully saturated rings. The lowest BCUT2D eigenvalue weighted by Gasteiger charge is -2.09. The Labute approximate surface area is 134 Å². The number of carbonyl (C=O) groups excluding carboxylic acids is 2. The minimum absolute atomic E-state index is 0.262. The summed E-state index contributed by atoms with van der Waals surface area (Å²) in [4.78, 5) is 22.6. The highest BCUT2D eigenvalue weighted by molar-refractivity contribution is 6.04. The van der Waals surface area contributed by atoms with E-state index in [4.69, 9.17) is 0 Å². The van der Waals surface area contributed by atoms with Gasteiger partial charge in [0.1, 0.15) is 5.82 Å². The third-order valence-corrected chi connectivity index (χ3v) is 3.03. The Hall–Kier alpha value is -2.90. The van der Waals surface area contributed by atoms with Crippen molar-refractivity contribution in [2.75, 3.05) is 5.32 Å². The number of carbonyl (C=O) groups is 2. The quantitative estimate of drug-likeness (QED) is 0.840. The summed E-state index contributed by atoms with van der Waals surface area (Å²) in [6, 6.07) is 10.9. The molecule has 4 nitrogen and oxygen atoms in total. The first-order chi connectivity index (χ1) is 11.3. The van der Waals surface area contributed by atoms with Crippen molar-refractivity contribution in [3.05, 3.63) is 65.5 Å². The zero-order valence-corrected chi connectivity index (χ0v) is 12.2. The predicted octanol–water partition coefficient (Wildman–Crippen LogP) is 3.26. The molecule has 0 aliphatic carbocycles. The van der Waals surface area contributed by atoms with Crippen molar-refractivity contribution >= 4 is 17.5 Å². The zero-order valence-electron chi connectivity index (χ0n) is 12.2. The predicted molar refractivity (Wildman–Crippen MR) is 78.7 cm³/mol. The largest absolute Gasteiger partial charge is 0.471 e. The van der Waals surface area contributed by atoms with Gasteiger partial charge in [0.05, 0.1) is 0 Å². The van der Waals surface area contributed by atoms with Crippen LogP contribution in [0.25, 0.3) is 0 Å². The molecule has 2 N–H and O–H groups in total. The molecule has 2 aromatic rings. The fraction of sp³-hybridized carbons (Fsp3) is 0.125. The number of rotatable bonds is 4. The smallest absolute Gasteiger partial charge is 0.344 e. The van der Waals surface area contributed by atoms with E-state index in [1.54, 1.807) is 5.32 Å². The minimum atomic E-state index is -4.93. The van der Waals surface area contributed by atoms with Gasteiger partial charge in [-0.1, -0.05) is 12.1 Å². The highest BCUT2D eigenvalue weighted by atomic mass is 19.4. The molecule has 0 aliphatic heterocycles. The van der Waals surface area contributed by atoms with Crippen molar-refractivity contribution in [1.29, 1.82) is 0 Å². The number of benzene rings is 2. The number of hydrogen-bond donors (Lipinski definition) is 2. The van der Waals surface area contributed by atoms with Gasteiger partial charge in [-0.3, -0.25) is 9.59 Å². The maximum absolute atomic E-state index is 12.8. The third kappa shape index (κ3) is 4.80. The minimum Gasteiger partial charge on any atom is -0.344 e. The second-order valence-corrected chi connectivity index (χ2v) is 4.84. The molecule has 0 aliphatic rings. The van der Waals surface area contributed by atoms with Gasteiger partial charge in [0.15, 0.2) is 0 Å². The summed E-state index contributed by atoms with van der Waals surface area (Å²) in [7, 11) is 0. The molecule has 0 spiro atoms. The van der Waals surface area contributed by atoms with E-state index < -0.39 is 23.8 Å². The molecular formula is C16H12F4N2O2. The van der Waals surface area contributed by atoms with Gasteiger partial charge in [-0.25, -0.2) is 4.39 Å². The first-order valence-electron chi connectivity index (χ1n) is 6.76. The molecule has 2 aromatic carbocycles. The number of halogens is 4. The Balaban J connectivity index is 1.93. The molecule has 0 aromatic heterocycles. The maximum Gasteiger partial charge on any atom is 0.471 e. The molecule has 24 heavy (non-hydrogen) atoms. The lowest BCUT2D eigenvalue weighted by molar-refractivity contribution is -0.173. The van der Waals surface area contributed by atoms with Crippen molar-refractivity contribution in [2.24, 2.45) is 0 Å². The van der Waals surface area contributed by atoms with Crippen molar-refractivity contribution in [1.82, 2.24) is 5.32 Å². The Bertz CT molecular complexity index is 725. The van der Waals surface area contributed by atoms with Crippen LogP contribution in [-0.2, 0) is 11.3 Å². The summed E-state index contributed by atoms with van der Waals surface area (Å²) >= 11 is 0. The Morgan fingerprint density at radius 3 is 2.04 bits per heavy atom. The fourth-order valence-corrected chi connectivity index (χ4v) is 1.79. The first-order valence-corrected chi connectivity index (χ1v) is 6.76. The normalized spacial score (nSPS) is 11.0. The van der Waals surface area contributed by atoms with Gasteiger partial charge in [0.25, 0.3) is 5.91 Å². The van der Waals surface area contributed by atoms with E-state index in [-0.39, 0.29) is 12.1 Å². The van der Waals surface area contributed by atoms with Gasteiger partial charge in [0, 0.05) is 17.8 Å². The van der Waals surface area contributed by atoms with Crippen molar-refractivity contribution in [2.45, 2.75) is 12.7 Å². The van der Waals surface area contributed by atoms with E-state index in [0.717, 1.165) is 12.1 Å². The molecule has 2 amide bonds. The molecule has 0 saturated heterocycles. The average Bonchev–Trinajstić information content (AvgIpc) is 2.53. The standard InChI is InChI=1S/C16H12F4N2O2/c17-12-5-3-11(4-6-12)14(23)22-13-7-1-10(2-8-13)9-21-15(24)16(18,19)20/h1-8H,9H2,(H,21,24)(H,22,23). The molecular weight excluding hydrogens is 328 g/mol. The molecule has 126 valence electrons. The van der Waals surface area contributed by atoms with Crippen molar-refractivity contribution < 1.29 is 27.2 Å². The van der Waals surface area contributed by atoms with E-state index in [9.17, 15) is 27.2 Å². The lowest BCUT2D eigenvalue weighted by Crippen LogP contribution is -2.36. The van der Waals surface area contributed by atoms with Crippen molar-refractivity contribution in [3.8, 4) is 0 Å². The summed E-state index contributed by atoms with van der Waals surface area (Å²) in [6.45, 7) is -0.287. The molecule has 0 bridgehead atoms. The van der Waals surface area contributed by atoms with Gasteiger partial charge < -0.3 is 10.6 Å². The molecule has 0 saturated carbocycles. The van der Waals surface area contributed by atoms with Crippen LogP contribution in [-0.4, -0.2) is 18.0 Å². The molecule has 0 unspecified atom stereocenters. The number of alkyl halides is 3. The third-order valence-electron chi connectivity index (χ3n) is 3.03. The van der Waals surface area contributed by atoms with Gasteiger partial charge in [-0.2, -0.15) is 13.2 Å². The lowest BCUT2D eigenvalue weighted by atomic mass is 10.1. The highest BCUT2D eigenvalue weighted by Gasteiger charge is 2.38. The molecule has 0 heterocycles. The first kappa shape index (κ1) is 17.5. The summed E-state index contributed by atoms with van der Waals surface area (Å²) < 4.78 is 49.0. The number of nitrogens with one attached hydrogen (secondary N) is 2. The summed E-state index contributed by atoms with van der Waals surface area (Å²) in [5.74, 6) is -2.93. The number of anilines is 1. The van der Waals surface area contributed by atoms with Crippen LogP contribution in [0.5, 0.6) is 0 Å². The monoisotopic (exact) mass is 340 g/mol. The van der Waals surface area contributed by atoms with E-state index in [0.29, 0.717) is 11.3 Å². The van der Waals surface area contributed by atoms with Crippen LogP contribution < -0.4 is 10.6 Å². The number of hydrogen-bond acceptors (Lipinski definition) is 2. The van der Waals surface area contributed by atoms with Gasteiger partial charge in [-0.05, 0) is 42.0 Å². The van der Waals surface area contributed by atoms with Gasteiger partial charge >= 0.3 is 12.1 Å². The average molecular weight is 340 g/mol. The highest BCUT2D eigenvalue weighted by Crippen LogP contribution is 2.15. The fourth-order valence-electron chi connectivity index (χ4n) is 1.79. The second-order valence-electron chi connectivity index (χ2n) is 4.84. The molecule has 2 rings (SSSR count). The van der Waals surface area contributed by atoms with E-state index >= 15 is 0 Å². The van der Waals surface area contributed by atoms with E-state index in [2.05, 4.69) is 5.32 Å². The van der Waals surface area contributed by atoms with Crippen LogP contribution in [0.4, 0.5) is 23.2 Å². The van der Waals surface area contributed by atoms with Crippen LogP contribution in [0.3, 0.4) is 0 Å². The molecule has 0 radical (unpaired) electrons. The summed E-state index contributed by atoms with van der Waals surface area (Å²) in [5, 5.41) is 4.31. The van der Waals surface area contributed by atoms with E-state index in [1.807, 2.05) is 0 Å². The summed E-state index contributed by atoms with van der Waals surface area (Å²) in [5.41, 5.74) is 1.11. The maximum atomic E-state index is 12.8. The van der Waals surface area contributed by atoms with Crippen LogP contribution >= 0.6 is 0 Å². The van der Waals surface area contributed by atoms with Crippen LogP contribution in [0.2, 0.25) is 0 Å². The second kappa shape index (κ2) is 7.12. The Morgan fingerprint density at radius 2 is 1.50 bits per heavy atom. The van der Waals surface area contributed by atoms with Gasteiger partial charge in [-0.15, -0.1) is 0 Å². The Morgan fingerprint density at radius 1 is 0.917 bits per heavy atom. The van der Waals surface area contributed by atoms with Crippen LogP contribution in [0.1, 0.15) is 15.9 Å². The molecule has 0 atom stereocenters. The van der Waals surface area contributed by atoms with Crippen molar-refractivity contribution in [3.63, 3.8) is 0 Å². The zero-order chi connectivity index (χ0) is 17.7. The molecule has 8 heteroatoms. The van der Waals surface area contributed by atoms with Gasteiger partial charge in [0.2, 0.25) is 0 Å². The van der Waals surface area contributed by atoms with E-state index in [1.165, 1.54) is 36.4 Å². The summed E-state index contributed by atoms with van der Waals surface area (Å²) in [6.07, 6.45) is -4.93. The topological polar surface area (TPSA) is 58.2 Å². The SMILES string of the molecule is O=C(Nc1ccc(CNC(=O)C(F)(F)F)cc1)c1ccc(F)cc1. The van der Waals surface area contributed by atoms with Crippen LogP contribution in [0.15, 0.2) is 48.5 Å². The Kier molecular flexibility index (Phi) is 5.18. The number of amides is 2. The van der Waals surface area contributed by atoms with Crippen LogP contribution in [0, 0.1) is 5.82 Å².